The van der Waals surface area contributed by atoms with Gasteiger partial charge in [-0.05, 0) is 43.8 Å². The van der Waals surface area contributed by atoms with Crippen molar-refractivity contribution in [2.45, 2.75) is 19.5 Å². The molecule has 2 rings (SSSR count). The number of hydrogen-bond donors (Lipinski definition) is 1. The summed E-state index contributed by atoms with van der Waals surface area (Å²) in [6.45, 7) is 2.29. The molecule has 1 atom stereocenters. The van der Waals surface area contributed by atoms with Gasteiger partial charge in [0, 0.05) is 16.0 Å². The average Bonchev–Trinajstić information content (AvgIpc) is 2.51. The van der Waals surface area contributed by atoms with Crippen LogP contribution in [0, 0.1) is 5.82 Å². The topological polar surface area (TPSA) is 32.3 Å². The third-order valence-electron chi connectivity index (χ3n) is 3.61. The molecule has 6 heteroatoms. The Labute approximate surface area is 148 Å². The summed E-state index contributed by atoms with van der Waals surface area (Å²) in [6, 6.07) is 11.6. The maximum absolute atomic E-state index is 13.8. The van der Waals surface area contributed by atoms with Gasteiger partial charge in [-0.3, -0.25) is 9.69 Å². The minimum atomic E-state index is -0.478. The van der Waals surface area contributed by atoms with E-state index in [9.17, 15) is 9.18 Å². The maximum atomic E-state index is 13.8. The van der Waals surface area contributed by atoms with E-state index >= 15 is 0 Å². The van der Waals surface area contributed by atoms with Gasteiger partial charge in [0.1, 0.15) is 5.82 Å². The molecule has 0 aromatic heterocycles. The Hall–Kier alpha value is -1.43. The van der Waals surface area contributed by atoms with Crippen LogP contribution in [0.4, 0.5) is 10.1 Å². The molecule has 0 radical (unpaired) electrons. The summed E-state index contributed by atoms with van der Waals surface area (Å²) < 4.78 is 14.4. The number of benzene rings is 2. The third kappa shape index (κ3) is 4.77. The molecular weight excluding hydrogens is 383 g/mol. The highest BCUT2D eigenvalue weighted by Crippen LogP contribution is 2.21. The van der Waals surface area contributed by atoms with Gasteiger partial charge < -0.3 is 5.32 Å². The van der Waals surface area contributed by atoms with Crippen molar-refractivity contribution in [1.29, 1.82) is 0 Å². The lowest BCUT2D eigenvalue weighted by atomic mass is 10.2. The number of carbonyl (C=O) groups excluding carboxylic acids is 1. The van der Waals surface area contributed by atoms with E-state index in [-0.39, 0.29) is 11.6 Å². The van der Waals surface area contributed by atoms with Gasteiger partial charge in [0.05, 0.1) is 11.7 Å². The Bertz CT molecular complexity index is 711. The second kappa shape index (κ2) is 7.90. The van der Waals surface area contributed by atoms with E-state index in [2.05, 4.69) is 21.2 Å². The standard InChI is InChI=1S/C17H17BrClFN2O/c1-11(22(2)10-12-5-3-4-6-14(12)19)17(23)21-16-8-7-13(18)9-15(16)20/h3-9,11H,10H2,1-2H3,(H,21,23). The quantitative estimate of drug-likeness (QED) is 0.790. The Morgan fingerprint density at radius 1 is 1.35 bits per heavy atom. The summed E-state index contributed by atoms with van der Waals surface area (Å²) in [5.74, 6) is -0.755. The molecule has 0 heterocycles. The predicted molar refractivity (Wildman–Crippen MR) is 95.1 cm³/mol. The van der Waals surface area contributed by atoms with Crippen molar-refractivity contribution in [1.82, 2.24) is 4.90 Å². The van der Waals surface area contributed by atoms with Crippen molar-refractivity contribution in [3.05, 3.63) is 63.3 Å². The van der Waals surface area contributed by atoms with Crippen LogP contribution >= 0.6 is 27.5 Å². The molecule has 1 N–H and O–H groups in total. The van der Waals surface area contributed by atoms with Crippen LogP contribution in [0.15, 0.2) is 46.9 Å². The molecule has 1 unspecified atom stereocenters. The van der Waals surface area contributed by atoms with Gasteiger partial charge in [-0.15, -0.1) is 0 Å². The molecule has 0 fully saturated rings. The van der Waals surface area contributed by atoms with Crippen LogP contribution in [0.25, 0.3) is 0 Å². The second-order valence-corrected chi connectivity index (χ2v) is 6.62. The Morgan fingerprint density at radius 3 is 2.70 bits per heavy atom. The first-order valence-corrected chi connectivity index (χ1v) is 8.25. The highest BCUT2D eigenvalue weighted by molar-refractivity contribution is 9.10. The smallest absolute Gasteiger partial charge is 0.241 e. The van der Waals surface area contributed by atoms with Gasteiger partial charge >= 0.3 is 0 Å². The van der Waals surface area contributed by atoms with E-state index in [1.165, 1.54) is 12.1 Å². The zero-order chi connectivity index (χ0) is 17.0. The molecule has 2 aromatic carbocycles. The first-order valence-electron chi connectivity index (χ1n) is 7.08. The van der Waals surface area contributed by atoms with Gasteiger partial charge in [-0.25, -0.2) is 4.39 Å². The van der Waals surface area contributed by atoms with E-state index in [1.807, 2.05) is 36.2 Å². The molecular formula is C17H17BrClFN2O. The Kier molecular flexibility index (Phi) is 6.16. The average molecular weight is 400 g/mol. The summed E-state index contributed by atoms with van der Waals surface area (Å²) in [4.78, 5) is 14.2. The largest absolute Gasteiger partial charge is 0.322 e. The molecule has 0 saturated carbocycles. The maximum Gasteiger partial charge on any atom is 0.241 e. The SMILES string of the molecule is CC(C(=O)Nc1ccc(Br)cc1F)N(C)Cc1ccccc1Cl. The summed E-state index contributed by atoms with van der Waals surface area (Å²) in [6.07, 6.45) is 0. The molecule has 1 amide bonds. The number of likely N-dealkylation sites (N-methyl/N-ethyl adjacent to an activating group) is 1. The zero-order valence-electron chi connectivity index (χ0n) is 12.8. The van der Waals surface area contributed by atoms with Gasteiger partial charge in [-0.2, -0.15) is 0 Å². The third-order valence-corrected chi connectivity index (χ3v) is 4.47. The Balaban J connectivity index is 2.02. The molecule has 0 aliphatic carbocycles. The number of hydrogen-bond acceptors (Lipinski definition) is 2. The monoisotopic (exact) mass is 398 g/mol. The first kappa shape index (κ1) is 17.9. The zero-order valence-corrected chi connectivity index (χ0v) is 15.2. The molecule has 122 valence electrons. The molecule has 0 bridgehead atoms. The number of halogens is 3. The number of amides is 1. The van der Waals surface area contributed by atoms with Gasteiger partial charge in [0.15, 0.2) is 0 Å². The lowest BCUT2D eigenvalue weighted by Crippen LogP contribution is -2.39. The van der Waals surface area contributed by atoms with Gasteiger partial charge in [0.25, 0.3) is 0 Å². The number of nitrogens with zero attached hydrogens (tertiary/aromatic N) is 1. The number of nitrogens with one attached hydrogen (secondary N) is 1. The Morgan fingerprint density at radius 2 is 2.04 bits per heavy atom. The minimum Gasteiger partial charge on any atom is -0.322 e. The minimum absolute atomic E-state index is 0.163. The normalized spacial score (nSPS) is 12.3. The van der Waals surface area contributed by atoms with E-state index in [1.54, 1.807) is 13.0 Å². The van der Waals surface area contributed by atoms with Crippen molar-refractivity contribution in [2.75, 3.05) is 12.4 Å². The lowest BCUT2D eigenvalue weighted by molar-refractivity contribution is -0.120. The van der Waals surface area contributed by atoms with Crippen LogP contribution in [0.3, 0.4) is 0 Å². The first-order chi connectivity index (χ1) is 10.9. The number of carbonyl (C=O) groups is 1. The van der Waals surface area contributed by atoms with Crippen LogP contribution in [-0.4, -0.2) is 23.9 Å². The highest BCUT2D eigenvalue weighted by Gasteiger charge is 2.20. The van der Waals surface area contributed by atoms with Crippen LogP contribution in [-0.2, 0) is 11.3 Å². The van der Waals surface area contributed by atoms with E-state index < -0.39 is 11.9 Å². The molecule has 3 nitrogen and oxygen atoms in total. The highest BCUT2D eigenvalue weighted by atomic mass is 79.9. The van der Waals surface area contributed by atoms with E-state index in [4.69, 9.17) is 11.6 Å². The molecule has 0 aliphatic heterocycles. The van der Waals surface area contributed by atoms with Crippen LogP contribution in [0.5, 0.6) is 0 Å². The fourth-order valence-corrected chi connectivity index (χ4v) is 2.59. The lowest BCUT2D eigenvalue weighted by Gasteiger charge is -2.24. The van der Waals surface area contributed by atoms with Gasteiger partial charge in [-0.1, -0.05) is 45.7 Å². The number of rotatable bonds is 5. The van der Waals surface area contributed by atoms with Crippen LogP contribution in [0.2, 0.25) is 5.02 Å². The van der Waals surface area contributed by atoms with E-state index in [0.717, 1.165) is 5.56 Å². The summed E-state index contributed by atoms with van der Waals surface area (Å²) in [5, 5.41) is 3.27. The van der Waals surface area contributed by atoms with Crippen molar-refractivity contribution in [2.24, 2.45) is 0 Å². The van der Waals surface area contributed by atoms with Crippen molar-refractivity contribution in [3.8, 4) is 0 Å². The molecule has 2 aromatic rings. The summed E-state index contributed by atoms with van der Waals surface area (Å²) in [7, 11) is 1.82. The van der Waals surface area contributed by atoms with E-state index in [0.29, 0.717) is 16.0 Å². The van der Waals surface area contributed by atoms with Crippen molar-refractivity contribution >= 4 is 39.1 Å². The fourth-order valence-electron chi connectivity index (χ4n) is 2.06. The van der Waals surface area contributed by atoms with Gasteiger partial charge in [0.2, 0.25) is 5.91 Å². The summed E-state index contributed by atoms with van der Waals surface area (Å²) >= 11 is 9.32. The molecule has 0 saturated heterocycles. The number of anilines is 1. The summed E-state index contributed by atoms with van der Waals surface area (Å²) in [5.41, 5.74) is 1.10. The predicted octanol–water partition coefficient (Wildman–Crippen LogP) is 4.70. The van der Waals surface area contributed by atoms with Crippen LogP contribution in [0.1, 0.15) is 12.5 Å². The fraction of sp³-hybridized carbons (Fsp3) is 0.235. The van der Waals surface area contributed by atoms with Crippen LogP contribution < -0.4 is 5.32 Å². The van der Waals surface area contributed by atoms with Crippen molar-refractivity contribution < 1.29 is 9.18 Å². The van der Waals surface area contributed by atoms with Crippen molar-refractivity contribution in [3.63, 3.8) is 0 Å². The molecule has 0 aliphatic rings. The molecule has 0 spiro atoms. The molecule has 23 heavy (non-hydrogen) atoms. The second-order valence-electron chi connectivity index (χ2n) is 5.30.